The van der Waals surface area contributed by atoms with Crippen LogP contribution in [0.2, 0.25) is 0 Å². The van der Waals surface area contributed by atoms with Crippen molar-refractivity contribution in [3.63, 3.8) is 0 Å². The second-order valence-corrected chi connectivity index (χ2v) is 8.67. The van der Waals surface area contributed by atoms with Gasteiger partial charge < -0.3 is 9.47 Å². The fraction of sp³-hybridized carbons (Fsp3) is 0.333. The molecule has 0 N–H and O–H groups in total. The molecule has 1 heterocycles. The van der Waals surface area contributed by atoms with E-state index in [1.165, 1.54) is 23.4 Å². The summed E-state index contributed by atoms with van der Waals surface area (Å²) in [4.78, 5) is 25.0. The van der Waals surface area contributed by atoms with Gasteiger partial charge in [0.1, 0.15) is 5.75 Å². The topological polar surface area (TPSA) is 90.0 Å². The first-order valence-corrected chi connectivity index (χ1v) is 11.0. The molecule has 3 rings (SSSR count). The summed E-state index contributed by atoms with van der Waals surface area (Å²) in [5, 5.41) is 0. The van der Waals surface area contributed by atoms with Crippen molar-refractivity contribution in [3.05, 3.63) is 59.7 Å². The minimum Gasteiger partial charge on any atom is -0.494 e. The lowest BCUT2D eigenvalue weighted by atomic mass is 10.1. The number of nitrogens with zero attached hydrogens (tertiary/aromatic N) is 1. The maximum atomic E-state index is 12.5. The van der Waals surface area contributed by atoms with Crippen molar-refractivity contribution in [2.24, 2.45) is 0 Å². The second-order valence-electron chi connectivity index (χ2n) is 6.66. The Morgan fingerprint density at radius 2 is 1.83 bits per heavy atom. The molecular formula is C21H23NO6S. The number of anilines is 1. The van der Waals surface area contributed by atoms with Crippen molar-refractivity contribution in [2.75, 3.05) is 23.2 Å². The zero-order chi connectivity index (χ0) is 21.0. The molecule has 2 aromatic rings. The molecule has 0 aliphatic carbocycles. The number of carbonyl (C=O) groups excluding carboxylic acids is 2. The molecule has 0 amide bonds. The third-order valence-corrected chi connectivity index (χ3v) is 6.44. The summed E-state index contributed by atoms with van der Waals surface area (Å²) in [7, 11) is -3.35. The molecule has 1 aliphatic rings. The SMILES string of the molecule is CCOc1ccc(C(=O)C(C)OC(=O)c2cccc(N3CCCS3(=O)=O)c2)cc1. The smallest absolute Gasteiger partial charge is 0.338 e. The van der Waals surface area contributed by atoms with Gasteiger partial charge in [-0.3, -0.25) is 9.10 Å². The number of rotatable bonds is 7. The molecular weight excluding hydrogens is 394 g/mol. The normalized spacial score (nSPS) is 16.3. The highest BCUT2D eigenvalue weighted by atomic mass is 32.2. The average Bonchev–Trinajstić information content (AvgIpc) is 3.07. The zero-order valence-electron chi connectivity index (χ0n) is 16.3. The molecule has 154 valence electrons. The first-order chi connectivity index (χ1) is 13.8. The molecule has 2 aromatic carbocycles. The molecule has 1 saturated heterocycles. The summed E-state index contributed by atoms with van der Waals surface area (Å²) < 4.78 is 36.1. The molecule has 0 spiro atoms. The van der Waals surface area contributed by atoms with E-state index in [9.17, 15) is 18.0 Å². The summed E-state index contributed by atoms with van der Waals surface area (Å²) in [6.45, 7) is 4.28. The lowest BCUT2D eigenvalue weighted by molar-refractivity contribution is 0.0319. The number of sulfonamides is 1. The Morgan fingerprint density at radius 1 is 1.10 bits per heavy atom. The van der Waals surface area contributed by atoms with Gasteiger partial charge in [0.15, 0.2) is 6.10 Å². The van der Waals surface area contributed by atoms with Crippen LogP contribution in [0.4, 0.5) is 5.69 Å². The number of ether oxygens (including phenoxy) is 2. The molecule has 29 heavy (non-hydrogen) atoms. The lowest BCUT2D eigenvalue weighted by Crippen LogP contribution is -2.26. The Labute approximate surface area is 170 Å². The average molecular weight is 417 g/mol. The molecule has 1 unspecified atom stereocenters. The van der Waals surface area contributed by atoms with Crippen LogP contribution in [0, 0.1) is 0 Å². The molecule has 7 nitrogen and oxygen atoms in total. The molecule has 8 heteroatoms. The summed E-state index contributed by atoms with van der Waals surface area (Å²) in [5.74, 6) is -0.271. The van der Waals surface area contributed by atoms with E-state index in [-0.39, 0.29) is 17.1 Å². The largest absolute Gasteiger partial charge is 0.494 e. The Kier molecular flexibility index (Phi) is 6.22. The van der Waals surface area contributed by atoms with E-state index in [2.05, 4.69) is 0 Å². The first kappa shape index (κ1) is 20.9. The molecule has 1 atom stereocenters. The number of benzene rings is 2. The monoisotopic (exact) mass is 417 g/mol. The second kappa shape index (κ2) is 8.65. The maximum Gasteiger partial charge on any atom is 0.338 e. The Balaban J connectivity index is 1.69. The lowest BCUT2D eigenvalue weighted by Gasteiger charge is -2.18. The van der Waals surface area contributed by atoms with Crippen molar-refractivity contribution in [3.8, 4) is 5.75 Å². The minimum absolute atomic E-state index is 0.0926. The van der Waals surface area contributed by atoms with Crippen molar-refractivity contribution < 1.29 is 27.5 Å². The van der Waals surface area contributed by atoms with Gasteiger partial charge in [0, 0.05) is 12.1 Å². The van der Waals surface area contributed by atoms with Gasteiger partial charge in [-0.15, -0.1) is 0 Å². The van der Waals surface area contributed by atoms with E-state index < -0.39 is 22.1 Å². The van der Waals surface area contributed by atoms with E-state index in [1.54, 1.807) is 36.4 Å². The molecule has 0 bridgehead atoms. The quantitative estimate of drug-likeness (QED) is 0.508. The fourth-order valence-electron chi connectivity index (χ4n) is 3.12. The first-order valence-electron chi connectivity index (χ1n) is 9.40. The van der Waals surface area contributed by atoms with E-state index in [0.717, 1.165) is 0 Å². The maximum absolute atomic E-state index is 12.5. The highest BCUT2D eigenvalue weighted by Crippen LogP contribution is 2.25. The number of esters is 1. The van der Waals surface area contributed by atoms with E-state index >= 15 is 0 Å². The third kappa shape index (κ3) is 4.76. The van der Waals surface area contributed by atoms with Gasteiger partial charge in [0.2, 0.25) is 15.8 Å². The predicted molar refractivity (Wildman–Crippen MR) is 109 cm³/mol. The van der Waals surface area contributed by atoms with E-state index in [1.807, 2.05) is 6.92 Å². The van der Waals surface area contributed by atoms with Gasteiger partial charge in [0.05, 0.1) is 23.6 Å². The Morgan fingerprint density at radius 3 is 2.45 bits per heavy atom. The van der Waals surface area contributed by atoms with Crippen LogP contribution in [-0.4, -0.2) is 45.2 Å². The van der Waals surface area contributed by atoms with Gasteiger partial charge in [-0.25, -0.2) is 13.2 Å². The van der Waals surface area contributed by atoms with Crippen LogP contribution in [0.5, 0.6) is 5.75 Å². The molecule has 0 radical (unpaired) electrons. The Hall–Kier alpha value is -2.87. The number of carbonyl (C=O) groups is 2. The van der Waals surface area contributed by atoms with E-state index in [4.69, 9.17) is 9.47 Å². The van der Waals surface area contributed by atoms with Crippen molar-refractivity contribution in [1.82, 2.24) is 0 Å². The van der Waals surface area contributed by atoms with Crippen molar-refractivity contribution in [1.29, 1.82) is 0 Å². The van der Waals surface area contributed by atoms with Crippen LogP contribution in [0.3, 0.4) is 0 Å². The molecule has 1 aliphatic heterocycles. The van der Waals surface area contributed by atoms with Crippen molar-refractivity contribution in [2.45, 2.75) is 26.4 Å². The van der Waals surface area contributed by atoms with Gasteiger partial charge >= 0.3 is 5.97 Å². The summed E-state index contributed by atoms with van der Waals surface area (Å²) >= 11 is 0. The van der Waals surface area contributed by atoms with E-state index in [0.29, 0.717) is 36.6 Å². The summed E-state index contributed by atoms with van der Waals surface area (Å²) in [6.07, 6.45) is -0.440. The summed E-state index contributed by atoms with van der Waals surface area (Å²) in [5.41, 5.74) is 1.02. The van der Waals surface area contributed by atoms with Crippen molar-refractivity contribution >= 4 is 27.5 Å². The van der Waals surface area contributed by atoms with Crippen LogP contribution in [0.25, 0.3) is 0 Å². The number of hydrogen-bond acceptors (Lipinski definition) is 6. The predicted octanol–water partition coefficient (Wildman–Crippen LogP) is 3.05. The number of Topliss-reactive ketones (excluding diaryl/α,β-unsaturated/α-hetero) is 1. The van der Waals surface area contributed by atoms with Crippen LogP contribution >= 0.6 is 0 Å². The van der Waals surface area contributed by atoms with Gasteiger partial charge in [-0.1, -0.05) is 6.07 Å². The minimum atomic E-state index is -3.35. The Bertz CT molecular complexity index is 1000. The highest BCUT2D eigenvalue weighted by Gasteiger charge is 2.29. The van der Waals surface area contributed by atoms with Crippen LogP contribution < -0.4 is 9.04 Å². The zero-order valence-corrected chi connectivity index (χ0v) is 17.1. The van der Waals surface area contributed by atoms with Gasteiger partial charge in [-0.2, -0.15) is 0 Å². The number of ketones is 1. The fourth-order valence-corrected chi connectivity index (χ4v) is 4.67. The summed E-state index contributed by atoms with van der Waals surface area (Å²) in [6, 6.07) is 12.8. The van der Waals surface area contributed by atoms with Crippen LogP contribution in [-0.2, 0) is 14.8 Å². The standard InChI is InChI=1S/C21H23NO6S/c1-3-27-19-10-8-16(9-11-19)20(23)15(2)28-21(24)17-6-4-7-18(14-17)22-12-5-13-29(22,25)26/h4,6-11,14-15H,3,5,12-13H2,1-2H3. The van der Waals surface area contributed by atoms with Gasteiger partial charge in [0.25, 0.3) is 0 Å². The highest BCUT2D eigenvalue weighted by molar-refractivity contribution is 7.93. The van der Waals surface area contributed by atoms with Crippen LogP contribution in [0.1, 0.15) is 41.0 Å². The van der Waals surface area contributed by atoms with Crippen LogP contribution in [0.15, 0.2) is 48.5 Å². The molecule has 0 aromatic heterocycles. The molecule has 1 fully saturated rings. The number of hydrogen-bond donors (Lipinski definition) is 0. The van der Waals surface area contributed by atoms with Gasteiger partial charge in [-0.05, 0) is 62.7 Å². The third-order valence-electron chi connectivity index (χ3n) is 4.57. The molecule has 0 saturated carbocycles.